The maximum atomic E-state index is 5.76. The van der Waals surface area contributed by atoms with E-state index in [1.165, 1.54) is 0 Å². The second-order valence-electron chi connectivity index (χ2n) is 4.88. The van der Waals surface area contributed by atoms with E-state index in [0.29, 0.717) is 5.11 Å². The number of rotatable bonds is 4. The molecule has 0 saturated carbocycles. The summed E-state index contributed by atoms with van der Waals surface area (Å²) >= 11 is 5.30. The van der Waals surface area contributed by atoms with Crippen LogP contribution in [-0.4, -0.2) is 5.11 Å². The van der Waals surface area contributed by atoms with Gasteiger partial charge in [-0.3, -0.25) is 0 Å². The number of hydrogen-bond acceptors (Lipinski definition) is 2. The molecule has 0 atom stereocenters. The highest BCUT2D eigenvalue weighted by molar-refractivity contribution is 7.80. The summed E-state index contributed by atoms with van der Waals surface area (Å²) < 4.78 is 5.76. The molecule has 3 rings (SSSR count). The number of hydrogen-bond donors (Lipinski definition) is 2. The zero-order chi connectivity index (χ0) is 15.9. The average molecular weight is 320 g/mol. The topological polar surface area (TPSA) is 33.3 Å². The zero-order valence-electron chi connectivity index (χ0n) is 12.4. The van der Waals surface area contributed by atoms with Crippen LogP contribution in [-0.2, 0) is 0 Å². The first-order chi connectivity index (χ1) is 11.3. The quantitative estimate of drug-likeness (QED) is 0.640. The lowest BCUT2D eigenvalue weighted by molar-refractivity contribution is 0.483. The first kappa shape index (κ1) is 15.1. The highest BCUT2D eigenvalue weighted by atomic mass is 32.1. The number of ether oxygens (including phenoxy) is 1. The van der Waals surface area contributed by atoms with Crippen LogP contribution in [0.3, 0.4) is 0 Å². The molecule has 0 fully saturated rings. The fourth-order valence-electron chi connectivity index (χ4n) is 2.05. The van der Waals surface area contributed by atoms with Gasteiger partial charge >= 0.3 is 0 Å². The Bertz CT molecular complexity index is 758. The maximum absolute atomic E-state index is 5.76. The zero-order valence-corrected chi connectivity index (χ0v) is 13.2. The highest BCUT2D eigenvalue weighted by Crippen LogP contribution is 2.22. The van der Waals surface area contributed by atoms with E-state index >= 15 is 0 Å². The highest BCUT2D eigenvalue weighted by Gasteiger charge is 2.00. The van der Waals surface area contributed by atoms with Crippen molar-refractivity contribution in [2.45, 2.75) is 0 Å². The van der Waals surface area contributed by atoms with Gasteiger partial charge in [0.15, 0.2) is 5.11 Å². The Balaban J connectivity index is 1.58. The van der Waals surface area contributed by atoms with Crippen molar-refractivity contribution in [2.75, 3.05) is 10.6 Å². The predicted molar refractivity (Wildman–Crippen MR) is 99.2 cm³/mol. The van der Waals surface area contributed by atoms with Gasteiger partial charge in [-0.15, -0.1) is 0 Å². The fraction of sp³-hybridized carbons (Fsp3) is 0. The van der Waals surface area contributed by atoms with Crippen molar-refractivity contribution < 1.29 is 4.74 Å². The van der Waals surface area contributed by atoms with Gasteiger partial charge in [0.1, 0.15) is 11.5 Å². The Labute approximate surface area is 140 Å². The third-order valence-corrected chi connectivity index (χ3v) is 3.33. The molecule has 0 unspecified atom stereocenters. The Kier molecular flexibility index (Phi) is 4.86. The number of para-hydroxylation sites is 2. The molecule has 0 amide bonds. The molecule has 0 saturated heterocycles. The van der Waals surface area contributed by atoms with Gasteiger partial charge in [0.2, 0.25) is 0 Å². The van der Waals surface area contributed by atoms with Gasteiger partial charge in [-0.1, -0.05) is 36.4 Å². The third-order valence-electron chi connectivity index (χ3n) is 3.12. The molecular weight excluding hydrogens is 304 g/mol. The van der Waals surface area contributed by atoms with Crippen LogP contribution in [0.25, 0.3) is 0 Å². The summed E-state index contributed by atoms with van der Waals surface area (Å²) in [6.07, 6.45) is 0. The number of benzene rings is 3. The first-order valence-corrected chi connectivity index (χ1v) is 7.66. The van der Waals surface area contributed by atoms with Crippen LogP contribution in [0.1, 0.15) is 0 Å². The molecule has 0 heterocycles. The minimum atomic E-state index is 0.549. The van der Waals surface area contributed by atoms with Crippen molar-refractivity contribution in [3.05, 3.63) is 84.9 Å². The van der Waals surface area contributed by atoms with Crippen LogP contribution in [0, 0.1) is 0 Å². The average Bonchev–Trinajstić information content (AvgIpc) is 2.58. The molecule has 0 spiro atoms. The maximum Gasteiger partial charge on any atom is 0.175 e. The number of thiocarbonyl (C=S) groups is 1. The van der Waals surface area contributed by atoms with E-state index in [4.69, 9.17) is 17.0 Å². The van der Waals surface area contributed by atoms with E-state index < -0.39 is 0 Å². The summed E-state index contributed by atoms with van der Waals surface area (Å²) in [5.41, 5.74) is 1.85. The number of anilines is 2. The lowest BCUT2D eigenvalue weighted by atomic mass is 10.3. The van der Waals surface area contributed by atoms with Crippen LogP contribution < -0.4 is 15.4 Å². The normalized spacial score (nSPS) is 9.91. The summed E-state index contributed by atoms with van der Waals surface area (Å²) in [7, 11) is 0. The molecule has 0 aliphatic carbocycles. The van der Waals surface area contributed by atoms with Crippen LogP contribution >= 0.6 is 12.2 Å². The molecule has 0 aliphatic heterocycles. The third kappa shape index (κ3) is 4.56. The summed E-state index contributed by atoms with van der Waals surface area (Å²) in [5.74, 6) is 1.60. The standard InChI is InChI=1S/C19H16N2OS/c23-19(20-15-7-3-1-4-8-15)21-16-11-13-18(14-12-16)22-17-9-5-2-6-10-17/h1-14H,(H2,20,21,23). The van der Waals surface area contributed by atoms with Crippen molar-refractivity contribution in [3.8, 4) is 11.5 Å². The van der Waals surface area contributed by atoms with Gasteiger partial charge in [0.25, 0.3) is 0 Å². The first-order valence-electron chi connectivity index (χ1n) is 7.26. The van der Waals surface area contributed by atoms with Gasteiger partial charge in [0.05, 0.1) is 0 Å². The molecule has 114 valence electrons. The summed E-state index contributed by atoms with van der Waals surface area (Å²) in [5, 5.41) is 6.83. The molecule has 0 aliphatic rings. The Morgan fingerprint density at radius 1 is 0.609 bits per heavy atom. The molecule has 3 nitrogen and oxygen atoms in total. The lowest BCUT2D eigenvalue weighted by Gasteiger charge is -2.11. The van der Waals surface area contributed by atoms with Gasteiger partial charge in [-0.25, -0.2) is 0 Å². The van der Waals surface area contributed by atoms with E-state index in [-0.39, 0.29) is 0 Å². The van der Waals surface area contributed by atoms with Gasteiger partial charge in [0, 0.05) is 11.4 Å². The largest absolute Gasteiger partial charge is 0.457 e. The van der Waals surface area contributed by atoms with Gasteiger partial charge < -0.3 is 15.4 Å². The van der Waals surface area contributed by atoms with Crippen molar-refractivity contribution in [3.63, 3.8) is 0 Å². The fourth-order valence-corrected chi connectivity index (χ4v) is 2.28. The molecule has 0 bridgehead atoms. The van der Waals surface area contributed by atoms with Crippen LogP contribution in [0.15, 0.2) is 84.9 Å². The van der Waals surface area contributed by atoms with Crippen molar-refractivity contribution >= 4 is 28.7 Å². The summed E-state index contributed by atoms with van der Waals surface area (Å²) in [4.78, 5) is 0. The van der Waals surface area contributed by atoms with Crippen LogP contribution in [0.2, 0.25) is 0 Å². The van der Waals surface area contributed by atoms with Gasteiger partial charge in [-0.05, 0) is 60.7 Å². The van der Waals surface area contributed by atoms with E-state index in [1.54, 1.807) is 0 Å². The minimum Gasteiger partial charge on any atom is -0.457 e. The van der Waals surface area contributed by atoms with Gasteiger partial charge in [-0.2, -0.15) is 0 Å². The molecule has 3 aromatic carbocycles. The van der Waals surface area contributed by atoms with E-state index in [0.717, 1.165) is 22.9 Å². The summed E-state index contributed by atoms with van der Waals surface area (Å²) in [6, 6.07) is 27.2. The Morgan fingerprint density at radius 3 is 1.70 bits per heavy atom. The predicted octanol–water partition coefficient (Wildman–Crippen LogP) is 5.29. The summed E-state index contributed by atoms with van der Waals surface area (Å²) in [6.45, 7) is 0. The van der Waals surface area contributed by atoms with Crippen molar-refractivity contribution in [1.82, 2.24) is 0 Å². The van der Waals surface area contributed by atoms with Crippen LogP contribution in [0.4, 0.5) is 11.4 Å². The Morgan fingerprint density at radius 2 is 1.09 bits per heavy atom. The molecule has 0 aromatic heterocycles. The van der Waals surface area contributed by atoms with Crippen LogP contribution in [0.5, 0.6) is 11.5 Å². The molecular formula is C19H16N2OS. The molecule has 3 aromatic rings. The molecule has 2 N–H and O–H groups in total. The van der Waals surface area contributed by atoms with E-state index in [9.17, 15) is 0 Å². The smallest absolute Gasteiger partial charge is 0.175 e. The second-order valence-corrected chi connectivity index (χ2v) is 5.29. The molecule has 4 heteroatoms. The van der Waals surface area contributed by atoms with E-state index in [2.05, 4.69) is 10.6 Å². The molecule has 0 radical (unpaired) electrons. The molecule has 23 heavy (non-hydrogen) atoms. The van der Waals surface area contributed by atoms with Crippen molar-refractivity contribution in [2.24, 2.45) is 0 Å². The second kappa shape index (κ2) is 7.42. The lowest BCUT2D eigenvalue weighted by Crippen LogP contribution is -2.18. The van der Waals surface area contributed by atoms with Crippen molar-refractivity contribution in [1.29, 1.82) is 0 Å². The SMILES string of the molecule is S=C(Nc1ccccc1)Nc1ccc(Oc2ccccc2)cc1. The monoisotopic (exact) mass is 320 g/mol. The minimum absolute atomic E-state index is 0.549. The Hall–Kier alpha value is -2.85. The number of nitrogens with one attached hydrogen (secondary N) is 2. The van der Waals surface area contributed by atoms with E-state index in [1.807, 2.05) is 84.9 Å².